The fourth-order valence-corrected chi connectivity index (χ4v) is 2.41. The SMILES string of the molecule is CCNC(=NCc1cccc(N2CC=CC2)c1)NC(C)C(C)C.I. The van der Waals surface area contributed by atoms with Crippen molar-refractivity contribution in [3.8, 4) is 0 Å². The number of aliphatic imine (C=N–C) groups is 1. The molecule has 0 saturated carbocycles. The molecule has 0 bridgehead atoms. The first-order valence-corrected chi connectivity index (χ1v) is 8.64. The van der Waals surface area contributed by atoms with E-state index in [9.17, 15) is 0 Å². The van der Waals surface area contributed by atoms with E-state index >= 15 is 0 Å². The molecule has 0 aliphatic carbocycles. The number of anilines is 1. The van der Waals surface area contributed by atoms with Crippen LogP contribution in [-0.4, -0.2) is 31.6 Å². The van der Waals surface area contributed by atoms with Crippen LogP contribution in [0.3, 0.4) is 0 Å². The van der Waals surface area contributed by atoms with Crippen LogP contribution in [-0.2, 0) is 6.54 Å². The molecule has 2 N–H and O–H groups in total. The summed E-state index contributed by atoms with van der Waals surface area (Å²) in [5.74, 6) is 1.46. The number of hydrogen-bond acceptors (Lipinski definition) is 2. The predicted molar refractivity (Wildman–Crippen MR) is 115 cm³/mol. The van der Waals surface area contributed by atoms with Gasteiger partial charge >= 0.3 is 0 Å². The number of halogens is 1. The lowest BCUT2D eigenvalue weighted by Crippen LogP contribution is -2.44. The Morgan fingerprint density at radius 3 is 2.54 bits per heavy atom. The Morgan fingerprint density at radius 2 is 1.92 bits per heavy atom. The summed E-state index contributed by atoms with van der Waals surface area (Å²) in [5.41, 5.74) is 2.51. The number of guanidine groups is 1. The maximum Gasteiger partial charge on any atom is 0.191 e. The molecule has 134 valence electrons. The molecule has 0 fully saturated rings. The second-order valence-corrected chi connectivity index (χ2v) is 6.42. The third-order valence-corrected chi connectivity index (χ3v) is 4.22. The number of nitrogens with zero attached hydrogens (tertiary/aromatic N) is 2. The smallest absolute Gasteiger partial charge is 0.191 e. The molecule has 0 radical (unpaired) electrons. The second kappa shape index (κ2) is 10.6. The molecule has 2 rings (SSSR count). The average molecular weight is 442 g/mol. The van der Waals surface area contributed by atoms with E-state index in [-0.39, 0.29) is 24.0 Å². The summed E-state index contributed by atoms with van der Waals surface area (Å²) >= 11 is 0. The van der Waals surface area contributed by atoms with E-state index in [0.29, 0.717) is 18.5 Å². The van der Waals surface area contributed by atoms with Gasteiger partial charge < -0.3 is 15.5 Å². The topological polar surface area (TPSA) is 39.7 Å². The zero-order valence-electron chi connectivity index (χ0n) is 15.2. The number of rotatable bonds is 6. The normalized spacial score (nSPS) is 15.4. The molecular weight excluding hydrogens is 411 g/mol. The number of hydrogen-bond donors (Lipinski definition) is 2. The quantitative estimate of drug-likeness (QED) is 0.305. The van der Waals surface area contributed by atoms with Crippen LogP contribution >= 0.6 is 24.0 Å². The minimum Gasteiger partial charge on any atom is -0.364 e. The van der Waals surface area contributed by atoms with Crippen molar-refractivity contribution < 1.29 is 0 Å². The van der Waals surface area contributed by atoms with E-state index < -0.39 is 0 Å². The molecule has 5 heteroatoms. The van der Waals surface area contributed by atoms with E-state index in [1.165, 1.54) is 11.3 Å². The highest BCUT2D eigenvalue weighted by molar-refractivity contribution is 14.0. The predicted octanol–water partition coefficient (Wildman–Crippen LogP) is 3.78. The van der Waals surface area contributed by atoms with Crippen molar-refractivity contribution in [1.82, 2.24) is 10.6 Å². The molecule has 0 spiro atoms. The van der Waals surface area contributed by atoms with Gasteiger partial charge in [0.2, 0.25) is 0 Å². The average Bonchev–Trinajstić information content (AvgIpc) is 3.07. The minimum absolute atomic E-state index is 0. The lowest BCUT2D eigenvalue weighted by Gasteiger charge is -2.21. The monoisotopic (exact) mass is 442 g/mol. The third kappa shape index (κ3) is 6.34. The first-order chi connectivity index (χ1) is 11.1. The van der Waals surface area contributed by atoms with Gasteiger partial charge in [-0.15, -0.1) is 24.0 Å². The van der Waals surface area contributed by atoms with Gasteiger partial charge in [0.25, 0.3) is 0 Å². The van der Waals surface area contributed by atoms with E-state index in [1.54, 1.807) is 0 Å². The van der Waals surface area contributed by atoms with Gasteiger partial charge in [0, 0.05) is 31.4 Å². The van der Waals surface area contributed by atoms with Crippen LogP contribution in [0, 0.1) is 5.92 Å². The first kappa shape index (κ1) is 20.8. The summed E-state index contributed by atoms with van der Waals surface area (Å²) in [6.45, 7) is 12.3. The Bertz CT molecular complexity index is 546. The van der Waals surface area contributed by atoms with E-state index in [1.807, 2.05) is 0 Å². The summed E-state index contributed by atoms with van der Waals surface area (Å²) in [6, 6.07) is 9.08. The summed E-state index contributed by atoms with van der Waals surface area (Å²) in [6.07, 6.45) is 4.43. The van der Waals surface area contributed by atoms with Crippen molar-refractivity contribution >= 4 is 35.6 Å². The standard InChI is InChI=1S/C19H30N4.HI/c1-5-20-19(22-16(4)15(2)3)21-14-17-9-8-10-18(13-17)23-11-6-7-12-23;/h6-10,13,15-16H,5,11-12,14H2,1-4H3,(H2,20,21,22);1H. The molecule has 1 aliphatic heterocycles. The third-order valence-electron chi connectivity index (χ3n) is 4.22. The van der Waals surface area contributed by atoms with Gasteiger partial charge in [0.15, 0.2) is 5.96 Å². The summed E-state index contributed by atoms with van der Waals surface area (Å²) < 4.78 is 0. The molecule has 1 heterocycles. The Morgan fingerprint density at radius 1 is 1.21 bits per heavy atom. The minimum atomic E-state index is 0. The van der Waals surface area contributed by atoms with Crippen LogP contribution in [0.5, 0.6) is 0 Å². The Balaban J connectivity index is 0.00000288. The fourth-order valence-electron chi connectivity index (χ4n) is 2.41. The molecule has 0 aromatic heterocycles. The molecule has 24 heavy (non-hydrogen) atoms. The van der Waals surface area contributed by atoms with Gasteiger partial charge in [-0.1, -0.05) is 38.1 Å². The summed E-state index contributed by atoms with van der Waals surface area (Å²) in [5, 5.41) is 6.80. The van der Waals surface area contributed by atoms with Crippen LogP contribution in [0.15, 0.2) is 41.4 Å². The van der Waals surface area contributed by atoms with Gasteiger partial charge in [-0.25, -0.2) is 4.99 Å². The zero-order valence-corrected chi connectivity index (χ0v) is 17.6. The molecule has 1 aliphatic rings. The number of nitrogens with one attached hydrogen (secondary N) is 2. The molecule has 0 amide bonds. The number of benzene rings is 1. The lowest BCUT2D eigenvalue weighted by atomic mass is 10.1. The molecule has 1 aromatic carbocycles. The van der Waals surface area contributed by atoms with Crippen molar-refractivity contribution in [2.75, 3.05) is 24.5 Å². The molecule has 0 saturated heterocycles. The van der Waals surface area contributed by atoms with Gasteiger partial charge in [-0.2, -0.15) is 0 Å². The van der Waals surface area contributed by atoms with Crippen LogP contribution < -0.4 is 15.5 Å². The maximum atomic E-state index is 4.73. The highest BCUT2D eigenvalue weighted by Crippen LogP contribution is 2.18. The Hall–Kier alpha value is -1.24. The molecular formula is C19H31IN4. The summed E-state index contributed by atoms with van der Waals surface area (Å²) in [4.78, 5) is 7.09. The van der Waals surface area contributed by atoms with Crippen molar-refractivity contribution in [1.29, 1.82) is 0 Å². The van der Waals surface area contributed by atoms with Crippen molar-refractivity contribution in [2.24, 2.45) is 10.9 Å². The summed E-state index contributed by atoms with van der Waals surface area (Å²) in [7, 11) is 0. The van der Waals surface area contributed by atoms with Crippen LogP contribution in [0.25, 0.3) is 0 Å². The fraction of sp³-hybridized carbons (Fsp3) is 0.526. The van der Waals surface area contributed by atoms with E-state index in [4.69, 9.17) is 4.99 Å². The van der Waals surface area contributed by atoms with Crippen LogP contribution in [0.2, 0.25) is 0 Å². The maximum absolute atomic E-state index is 4.73. The lowest BCUT2D eigenvalue weighted by molar-refractivity contribution is 0.481. The van der Waals surface area contributed by atoms with Gasteiger partial charge in [0.1, 0.15) is 0 Å². The first-order valence-electron chi connectivity index (χ1n) is 8.64. The zero-order chi connectivity index (χ0) is 16.7. The molecule has 1 unspecified atom stereocenters. The Labute approximate surface area is 163 Å². The van der Waals surface area contributed by atoms with Crippen LogP contribution in [0.4, 0.5) is 5.69 Å². The second-order valence-electron chi connectivity index (χ2n) is 6.42. The largest absolute Gasteiger partial charge is 0.364 e. The van der Waals surface area contributed by atoms with Gasteiger partial charge in [-0.3, -0.25) is 0 Å². The van der Waals surface area contributed by atoms with E-state index in [0.717, 1.165) is 25.6 Å². The van der Waals surface area contributed by atoms with Crippen molar-refractivity contribution in [2.45, 2.75) is 40.3 Å². The molecule has 1 aromatic rings. The van der Waals surface area contributed by atoms with Gasteiger partial charge in [-0.05, 0) is 37.5 Å². The van der Waals surface area contributed by atoms with Gasteiger partial charge in [0.05, 0.1) is 6.54 Å². The molecule has 1 atom stereocenters. The highest BCUT2D eigenvalue weighted by atomic mass is 127. The highest BCUT2D eigenvalue weighted by Gasteiger charge is 2.10. The molecule has 4 nitrogen and oxygen atoms in total. The Kier molecular flexibility index (Phi) is 9.18. The van der Waals surface area contributed by atoms with Crippen LogP contribution in [0.1, 0.15) is 33.3 Å². The van der Waals surface area contributed by atoms with Crippen molar-refractivity contribution in [3.63, 3.8) is 0 Å². The van der Waals surface area contributed by atoms with E-state index in [2.05, 4.69) is 79.6 Å². The van der Waals surface area contributed by atoms with Crippen molar-refractivity contribution in [3.05, 3.63) is 42.0 Å².